The minimum absolute atomic E-state index is 0.169. The molecule has 0 amide bonds. The molecular weight excluding hydrogens is 276 g/mol. The third-order valence-corrected chi connectivity index (χ3v) is 6.55. The highest BCUT2D eigenvalue weighted by Gasteiger charge is 2.53. The van der Waals surface area contributed by atoms with E-state index in [0.29, 0.717) is 0 Å². The zero-order valence-electron chi connectivity index (χ0n) is 11.3. The second kappa shape index (κ2) is 4.11. The molecule has 0 unspecified atom stereocenters. The second-order valence-electron chi connectivity index (χ2n) is 6.00. The van der Waals surface area contributed by atoms with Gasteiger partial charge in [0.15, 0.2) is 9.84 Å². The monoisotopic (exact) mass is 294 g/mol. The fourth-order valence-electron chi connectivity index (χ4n) is 3.58. The molecule has 1 aromatic carbocycles. The predicted octanol–water partition coefficient (Wildman–Crippen LogP) is 0.615. The van der Waals surface area contributed by atoms with Crippen molar-refractivity contribution in [3.05, 3.63) is 23.8 Å². The first-order valence-corrected chi connectivity index (χ1v) is 8.82. The molecule has 3 aliphatic heterocycles. The zero-order chi connectivity index (χ0) is 13.8. The Labute approximate surface area is 118 Å². The molecule has 5 nitrogen and oxygen atoms in total. The highest BCUT2D eigenvalue weighted by molar-refractivity contribution is 7.93. The van der Waals surface area contributed by atoms with E-state index >= 15 is 0 Å². The lowest BCUT2D eigenvalue weighted by molar-refractivity contribution is 0.122. The molecule has 3 aliphatic rings. The molecule has 0 aromatic heterocycles. The smallest absolute Gasteiger partial charge is 0.152 e. The van der Waals surface area contributed by atoms with E-state index in [1.54, 1.807) is 0 Å². The van der Waals surface area contributed by atoms with Crippen molar-refractivity contribution in [1.82, 2.24) is 0 Å². The van der Waals surface area contributed by atoms with Crippen LogP contribution in [0.3, 0.4) is 0 Å². The van der Waals surface area contributed by atoms with Crippen LogP contribution in [0.4, 0.5) is 11.4 Å². The number of benzene rings is 1. The lowest BCUT2D eigenvalue weighted by Gasteiger charge is -2.37. The van der Waals surface area contributed by atoms with Crippen molar-refractivity contribution in [2.45, 2.75) is 5.41 Å². The molecule has 0 saturated carbocycles. The van der Waals surface area contributed by atoms with Gasteiger partial charge >= 0.3 is 0 Å². The SMILES string of the molecule is O=S1(=O)CC2(CNc3cc(N4CCOCC4)ccc32)C1. The van der Waals surface area contributed by atoms with Gasteiger partial charge in [0, 0.05) is 36.4 Å². The topological polar surface area (TPSA) is 58.6 Å². The van der Waals surface area contributed by atoms with Crippen LogP contribution in [-0.2, 0) is 20.0 Å². The van der Waals surface area contributed by atoms with Crippen LogP contribution in [0.2, 0.25) is 0 Å². The quantitative estimate of drug-likeness (QED) is 0.822. The summed E-state index contributed by atoms with van der Waals surface area (Å²) in [5.74, 6) is 0.577. The second-order valence-corrected chi connectivity index (χ2v) is 8.06. The predicted molar refractivity (Wildman–Crippen MR) is 78.3 cm³/mol. The maximum absolute atomic E-state index is 11.5. The fraction of sp³-hybridized carbons (Fsp3) is 0.571. The van der Waals surface area contributed by atoms with Crippen LogP contribution >= 0.6 is 0 Å². The van der Waals surface area contributed by atoms with Crippen molar-refractivity contribution >= 4 is 21.2 Å². The lowest BCUT2D eigenvalue weighted by Crippen LogP contribution is -2.53. The summed E-state index contributed by atoms with van der Waals surface area (Å²) >= 11 is 0. The number of nitrogens with zero attached hydrogens (tertiary/aromatic N) is 1. The first-order chi connectivity index (χ1) is 9.58. The van der Waals surface area contributed by atoms with Crippen LogP contribution in [0, 0.1) is 0 Å². The molecule has 2 fully saturated rings. The Morgan fingerprint density at radius 1 is 1.20 bits per heavy atom. The number of rotatable bonds is 1. The molecular formula is C14H18N2O3S. The summed E-state index contributed by atoms with van der Waals surface area (Å²) in [6.07, 6.45) is 0. The van der Waals surface area contributed by atoms with Gasteiger partial charge in [-0.15, -0.1) is 0 Å². The summed E-state index contributed by atoms with van der Waals surface area (Å²) in [5, 5.41) is 3.39. The van der Waals surface area contributed by atoms with Gasteiger partial charge in [0.05, 0.1) is 24.7 Å². The van der Waals surface area contributed by atoms with E-state index in [9.17, 15) is 8.42 Å². The molecule has 0 radical (unpaired) electrons. The van der Waals surface area contributed by atoms with E-state index in [1.807, 2.05) is 0 Å². The van der Waals surface area contributed by atoms with E-state index in [0.717, 1.165) is 38.5 Å². The number of fused-ring (bicyclic) bond motifs is 2. The van der Waals surface area contributed by atoms with Crippen molar-refractivity contribution in [3.63, 3.8) is 0 Å². The number of hydrogen-bond donors (Lipinski definition) is 1. The summed E-state index contributed by atoms with van der Waals surface area (Å²) in [7, 11) is -2.81. The van der Waals surface area contributed by atoms with Crippen LogP contribution in [0.15, 0.2) is 18.2 Å². The van der Waals surface area contributed by atoms with Gasteiger partial charge in [-0.3, -0.25) is 0 Å². The first kappa shape index (κ1) is 12.5. The van der Waals surface area contributed by atoms with Gasteiger partial charge in [0.1, 0.15) is 0 Å². The normalized spacial score (nSPS) is 25.9. The summed E-state index contributed by atoms with van der Waals surface area (Å²) in [5.41, 5.74) is 3.30. The molecule has 1 spiro atoms. The Bertz CT molecular complexity index is 638. The maximum atomic E-state index is 11.5. The molecule has 4 rings (SSSR count). The van der Waals surface area contributed by atoms with E-state index < -0.39 is 9.84 Å². The standard InChI is InChI=1S/C14H18N2O3S/c17-20(18)9-14(10-20)8-15-13-7-11(1-2-12(13)14)16-3-5-19-6-4-16/h1-2,7,15H,3-6,8-10H2. The third kappa shape index (κ3) is 1.82. The van der Waals surface area contributed by atoms with Gasteiger partial charge in [-0.05, 0) is 17.7 Å². The van der Waals surface area contributed by atoms with Crippen molar-refractivity contribution in [1.29, 1.82) is 0 Å². The summed E-state index contributed by atoms with van der Waals surface area (Å²) in [4.78, 5) is 2.31. The Morgan fingerprint density at radius 2 is 1.95 bits per heavy atom. The molecule has 2 saturated heterocycles. The van der Waals surface area contributed by atoms with Gasteiger partial charge < -0.3 is 15.0 Å². The van der Waals surface area contributed by atoms with E-state index in [1.165, 1.54) is 11.3 Å². The number of sulfone groups is 1. The minimum atomic E-state index is -2.81. The minimum Gasteiger partial charge on any atom is -0.384 e. The molecule has 6 heteroatoms. The average molecular weight is 294 g/mol. The van der Waals surface area contributed by atoms with Gasteiger partial charge in [-0.1, -0.05) is 6.07 Å². The third-order valence-electron chi connectivity index (χ3n) is 4.56. The molecule has 20 heavy (non-hydrogen) atoms. The number of ether oxygens (including phenoxy) is 1. The molecule has 3 heterocycles. The lowest BCUT2D eigenvalue weighted by atomic mass is 9.85. The number of morpholine rings is 1. The Hall–Kier alpha value is -1.27. The Balaban J connectivity index is 1.63. The number of hydrogen-bond acceptors (Lipinski definition) is 5. The molecule has 0 aliphatic carbocycles. The summed E-state index contributed by atoms with van der Waals surface area (Å²) < 4.78 is 28.4. The first-order valence-electron chi connectivity index (χ1n) is 7.00. The largest absolute Gasteiger partial charge is 0.384 e. The summed E-state index contributed by atoms with van der Waals surface area (Å²) in [6.45, 7) is 4.12. The van der Waals surface area contributed by atoms with Crippen LogP contribution in [-0.4, -0.2) is 52.8 Å². The van der Waals surface area contributed by atoms with Gasteiger partial charge in [0.2, 0.25) is 0 Å². The highest BCUT2D eigenvalue weighted by atomic mass is 32.2. The fourth-order valence-corrected chi connectivity index (χ4v) is 5.69. The van der Waals surface area contributed by atoms with Crippen LogP contribution in [0.5, 0.6) is 0 Å². The zero-order valence-corrected chi connectivity index (χ0v) is 12.1. The summed E-state index contributed by atoms with van der Waals surface area (Å²) in [6, 6.07) is 6.37. The van der Waals surface area contributed by atoms with Crippen molar-refractivity contribution in [2.24, 2.45) is 0 Å². The molecule has 108 valence electrons. The van der Waals surface area contributed by atoms with Crippen LogP contribution in [0.1, 0.15) is 5.56 Å². The van der Waals surface area contributed by atoms with Gasteiger partial charge in [-0.2, -0.15) is 0 Å². The van der Waals surface area contributed by atoms with Gasteiger partial charge in [0.25, 0.3) is 0 Å². The van der Waals surface area contributed by atoms with Crippen LogP contribution in [0.25, 0.3) is 0 Å². The molecule has 1 aromatic rings. The van der Waals surface area contributed by atoms with E-state index in [4.69, 9.17) is 4.74 Å². The van der Waals surface area contributed by atoms with Crippen LogP contribution < -0.4 is 10.2 Å². The Morgan fingerprint density at radius 3 is 2.65 bits per heavy atom. The highest BCUT2D eigenvalue weighted by Crippen LogP contribution is 2.45. The molecule has 0 bridgehead atoms. The number of nitrogens with one attached hydrogen (secondary N) is 1. The molecule has 0 atom stereocenters. The van der Waals surface area contributed by atoms with E-state index in [2.05, 4.69) is 28.4 Å². The van der Waals surface area contributed by atoms with Crippen molar-refractivity contribution in [2.75, 3.05) is 54.6 Å². The Kier molecular flexibility index (Phi) is 2.57. The number of anilines is 2. The maximum Gasteiger partial charge on any atom is 0.152 e. The van der Waals surface area contributed by atoms with Crippen molar-refractivity contribution < 1.29 is 13.2 Å². The van der Waals surface area contributed by atoms with Gasteiger partial charge in [-0.25, -0.2) is 8.42 Å². The van der Waals surface area contributed by atoms with Crippen molar-refractivity contribution in [3.8, 4) is 0 Å². The molecule has 1 N–H and O–H groups in total. The average Bonchev–Trinajstić information content (AvgIpc) is 2.77. The van der Waals surface area contributed by atoms with E-state index in [-0.39, 0.29) is 16.9 Å².